The Labute approximate surface area is 106 Å². The molecule has 1 fully saturated rings. The van der Waals surface area contributed by atoms with E-state index in [1.807, 2.05) is 0 Å². The molecule has 5 atom stereocenters. The van der Waals surface area contributed by atoms with E-state index < -0.39 is 47.3 Å². The summed E-state index contributed by atoms with van der Waals surface area (Å²) in [6.07, 6.45) is -3.99. The second kappa shape index (κ2) is 6.24. The van der Waals surface area contributed by atoms with E-state index in [-0.39, 0.29) is 6.61 Å². The van der Waals surface area contributed by atoms with Gasteiger partial charge in [0.1, 0.15) is 24.4 Å². The molecule has 0 saturated carbocycles. The zero-order valence-corrected chi connectivity index (χ0v) is 11.0. The fourth-order valence-electron chi connectivity index (χ4n) is 1.76. The van der Waals surface area contributed by atoms with Gasteiger partial charge < -0.3 is 24.8 Å². The van der Waals surface area contributed by atoms with Gasteiger partial charge in [-0.05, 0) is 6.92 Å². The van der Waals surface area contributed by atoms with Gasteiger partial charge in [-0.3, -0.25) is 0 Å². The van der Waals surface area contributed by atoms with Crippen molar-refractivity contribution in [3.63, 3.8) is 0 Å². The minimum Gasteiger partial charge on any atom is -0.394 e. The van der Waals surface area contributed by atoms with E-state index >= 15 is 0 Å². The zero-order valence-electron chi connectivity index (χ0n) is 10.2. The molecule has 0 bridgehead atoms. The van der Waals surface area contributed by atoms with Gasteiger partial charge in [-0.15, -0.1) is 0 Å². The molecule has 9 heteroatoms. The highest BCUT2D eigenvalue weighted by atomic mass is 32.2. The summed E-state index contributed by atoms with van der Waals surface area (Å²) in [5.41, 5.74) is 0. The predicted octanol–water partition coefficient (Wildman–Crippen LogP) is -2.62. The van der Waals surface area contributed by atoms with Gasteiger partial charge in [0, 0.05) is 6.61 Å². The molecule has 1 saturated heterocycles. The minimum atomic E-state index is -3.60. The number of ether oxygens (including phenoxy) is 2. The van der Waals surface area contributed by atoms with Crippen molar-refractivity contribution in [2.45, 2.75) is 37.6 Å². The first-order valence-electron chi connectivity index (χ1n) is 5.51. The van der Waals surface area contributed by atoms with Gasteiger partial charge in [-0.25, -0.2) is 13.1 Å². The summed E-state index contributed by atoms with van der Waals surface area (Å²) in [7, 11) is -3.60. The summed E-state index contributed by atoms with van der Waals surface area (Å²) >= 11 is 0. The molecule has 1 unspecified atom stereocenters. The van der Waals surface area contributed by atoms with Crippen LogP contribution in [-0.2, 0) is 19.5 Å². The first-order chi connectivity index (χ1) is 8.30. The first kappa shape index (κ1) is 15.8. The fraction of sp³-hybridized carbons (Fsp3) is 1.00. The summed E-state index contributed by atoms with van der Waals surface area (Å²) in [4.78, 5) is 0. The van der Waals surface area contributed by atoms with Gasteiger partial charge in [-0.2, -0.15) is 0 Å². The lowest BCUT2D eigenvalue weighted by Crippen LogP contribution is -2.64. The average Bonchev–Trinajstić information content (AvgIpc) is 2.27. The Balaban J connectivity index is 2.88. The highest BCUT2D eigenvalue weighted by Gasteiger charge is 2.45. The number of hydrogen-bond donors (Lipinski definition) is 4. The van der Waals surface area contributed by atoms with Crippen molar-refractivity contribution in [3.8, 4) is 0 Å². The van der Waals surface area contributed by atoms with E-state index in [1.54, 1.807) is 6.92 Å². The molecule has 108 valence electrons. The van der Waals surface area contributed by atoms with E-state index in [2.05, 4.69) is 4.72 Å². The van der Waals surface area contributed by atoms with Crippen molar-refractivity contribution in [2.75, 3.05) is 19.5 Å². The Morgan fingerprint density at radius 1 is 1.33 bits per heavy atom. The van der Waals surface area contributed by atoms with Crippen LogP contribution < -0.4 is 4.72 Å². The zero-order chi connectivity index (χ0) is 13.9. The molecule has 1 rings (SSSR count). The maximum Gasteiger partial charge on any atom is 0.209 e. The third-order valence-electron chi connectivity index (χ3n) is 2.56. The molecule has 0 amide bonds. The smallest absolute Gasteiger partial charge is 0.209 e. The van der Waals surface area contributed by atoms with Crippen molar-refractivity contribution in [2.24, 2.45) is 0 Å². The van der Waals surface area contributed by atoms with E-state index in [1.165, 1.54) is 0 Å². The van der Waals surface area contributed by atoms with Gasteiger partial charge in [0.2, 0.25) is 10.0 Å². The molecule has 0 aliphatic carbocycles. The predicted molar refractivity (Wildman–Crippen MR) is 61.2 cm³/mol. The summed E-state index contributed by atoms with van der Waals surface area (Å²) in [5.74, 6) is 0. The molecule has 1 aliphatic heterocycles. The lowest BCUT2D eigenvalue weighted by Gasteiger charge is -2.41. The molecule has 8 nitrogen and oxygen atoms in total. The van der Waals surface area contributed by atoms with Gasteiger partial charge in [-0.1, -0.05) is 0 Å². The lowest BCUT2D eigenvalue weighted by molar-refractivity contribution is -0.266. The van der Waals surface area contributed by atoms with Crippen LogP contribution in [0.2, 0.25) is 0 Å². The Hall–Kier alpha value is -0.290. The minimum absolute atomic E-state index is 0.230. The van der Waals surface area contributed by atoms with E-state index in [0.29, 0.717) is 0 Å². The molecule has 0 aromatic carbocycles. The van der Waals surface area contributed by atoms with E-state index in [9.17, 15) is 18.6 Å². The maximum absolute atomic E-state index is 11.2. The molecule has 0 radical (unpaired) electrons. The van der Waals surface area contributed by atoms with Crippen LogP contribution in [0.4, 0.5) is 0 Å². The van der Waals surface area contributed by atoms with E-state index in [0.717, 1.165) is 6.26 Å². The Morgan fingerprint density at radius 3 is 2.39 bits per heavy atom. The highest BCUT2D eigenvalue weighted by molar-refractivity contribution is 7.88. The molecule has 0 aromatic heterocycles. The molecule has 4 N–H and O–H groups in total. The Bertz CT molecular complexity index is 360. The monoisotopic (exact) mass is 285 g/mol. The van der Waals surface area contributed by atoms with Crippen LogP contribution in [0, 0.1) is 0 Å². The van der Waals surface area contributed by atoms with Crippen molar-refractivity contribution >= 4 is 10.0 Å². The molecular formula is C9H19NO7S. The maximum atomic E-state index is 11.2. The van der Waals surface area contributed by atoms with Crippen molar-refractivity contribution in [1.82, 2.24) is 4.72 Å². The Morgan fingerprint density at radius 2 is 1.94 bits per heavy atom. The SMILES string of the molecule is CCOC1O[C@H](CO)[C@H](O)[C@H](O)[C@H]1NS(C)(=O)=O. The number of aliphatic hydroxyl groups excluding tert-OH is 3. The summed E-state index contributed by atoms with van der Waals surface area (Å²) in [5, 5.41) is 28.5. The van der Waals surface area contributed by atoms with Crippen molar-refractivity contribution in [3.05, 3.63) is 0 Å². The molecule has 1 heterocycles. The quantitative estimate of drug-likeness (QED) is 0.436. The molecule has 18 heavy (non-hydrogen) atoms. The number of sulfonamides is 1. The van der Waals surface area contributed by atoms with Gasteiger partial charge in [0.15, 0.2) is 6.29 Å². The number of nitrogens with one attached hydrogen (secondary N) is 1. The van der Waals surface area contributed by atoms with Crippen molar-refractivity contribution in [1.29, 1.82) is 0 Å². The molecule has 1 aliphatic rings. The van der Waals surface area contributed by atoms with E-state index in [4.69, 9.17) is 14.6 Å². The van der Waals surface area contributed by atoms with Gasteiger partial charge >= 0.3 is 0 Å². The third-order valence-corrected chi connectivity index (χ3v) is 3.26. The third kappa shape index (κ3) is 3.85. The van der Waals surface area contributed by atoms with Crippen LogP contribution in [-0.4, -0.2) is 73.9 Å². The van der Waals surface area contributed by atoms with Gasteiger partial charge in [0.25, 0.3) is 0 Å². The van der Waals surface area contributed by atoms with Crippen molar-refractivity contribution < 1.29 is 33.2 Å². The highest BCUT2D eigenvalue weighted by Crippen LogP contribution is 2.22. The normalized spacial score (nSPS) is 37.7. The summed E-state index contributed by atoms with van der Waals surface area (Å²) in [6, 6.07) is -1.13. The second-order valence-corrected chi connectivity index (χ2v) is 5.86. The first-order valence-corrected chi connectivity index (χ1v) is 7.40. The lowest BCUT2D eigenvalue weighted by atomic mass is 9.98. The number of aliphatic hydroxyl groups is 3. The van der Waals surface area contributed by atoms with Crippen LogP contribution in [0.15, 0.2) is 0 Å². The van der Waals surface area contributed by atoms with Crippen LogP contribution in [0.25, 0.3) is 0 Å². The van der Waals surface area contributed by atoms with Crippen LogP contribution in [0.3, 0.4) is 0 Å². The summed E-state index contributed by atoms with van der Waals surface area (Å²) in [6.45, 7) is 1.40. The second-order valence-electron chi connectivity index (χ2n) is 4.08. The van der Waals surface area contributed by atoms with Crippen LogP contribution in [0.1, 0.15) is 6.92 Å². The number of rotatable bonds is 5. The largest absolute Gasteiger partial charge is 0.394 e. The summed E-state index contributed by atoms with van der Waals surface area (Å²) < 4.78 is 34.9. The fourth-order valence-corrected chi connectivity index (χ4v) is 2.51. The molecule has 0 aromatic rings. The average molecular weight is 285 g/mol. The topological polar surface area (TPSA) is 125 Å². The Kier molecular flexibility index (Phi) is 5.46. The molecular weight excluding hydrogens is 266 g/mol. The number of hydrogen-bond acceptors (Lipinski definition) is 7. The molecule has 0 spiro atoms. The standard InChI is InChI=1S/C9H19NO7S/c1-3-16-9-6(10-18(2,14)15)8(13)7(12)5(4-11)17-9/h5-13H,3-4H2,1-2H3/t5-,6-,7+,8-,9?/m1/s1. The van der Waals surface area contributed by atoms with Crippen LogP contribution in [0.5, 0.6) is 0 Å². The van der Waals surface area contributed by atoms with Crippen LogP contribution >= 0.6 is 0 Å². The van der Waals surface area contributed by atoms with Gasteiger partial charge in [0.05, 0.1) is 12.9 Å².